The van der Waals surface area contributed by atoms with Crippen molar-refractivity contribution in [3.63, 3.8) is 0 Å². The van der Waals surface area contributed by atoms with Crippen molar-refractivity contribution >= 4 is 11.8 Å². The molecule has 1 saturated heterocycles. The van der Waals surface area contributed by atoms with Gasteiger partial charge in [0.15, 0.2) is 0 Å². The molecule has 1 fully saturated rings. The molecule has 114 valence electrons. The van der Waals surface area contributed by atoms with Crippen LogP contribution in [0.15, 0.2) is 30.3 Å². The van der Waals surface area contributed by atoms with Gasteiger partial charge in [-0.15, -0.1) is 0 Å². The monoisotopic (exact) mass is 288 g/mol. The third kappa shape index (κ3) is 4.06. The molecule has 1 heterocycles. The number of benzene rings is 1. The zero-order chi connectivity index (χ0) is 15.2. The molecule has 2 rings (SSSR count). The van der Waals surface area contributed by atoms with Crippen LogP contribution >= 0.6 is 0 Å². The van der Waals surface area contributed by atoms with E-state index in [0.29, 0.717) is 19.4 Å². The molecule has 21 heavy (non-hydrogen) atoms. The van der Waals surface area contributed by atoms with E-state index >= 15 is 0 Å². The van der Waals surface area contributed by atoms with E-state index in [2.05, 4.69) is 19.2 Å². The van der Waals surface area contributed by atoms with E-state index in [0.717, 1.165) is 18.4 Å². The number of carbonyl (C=O) groups excluding carboxylic acids is 2. The molecule has 4 heteroatoms. The Labute approximate surface area is 126 Å². The van der Waals surface area contributed by atoms with Crippen LogP contribution in [0.3, 0.4) is 0 Å². The van der Waals surface area contributed by atoms with Gasteiger partial charge in [0.05, 0.1) is 0 Å². The Kier molecular flexibility index (Phi) is 5.37. The predicted molar refractivity (Wildman–Crippen MR) is 82.8 cm³/mol. The van der Waals surface area contributed by atoms with Gasteiger partial charge < -0.3 is 10.2 Å². The zero-order valence-electron chi connectivity index (χ0n) is 12.8. The molecule has 1 aromatic carbocycles. The van der Waals surface area contributed by atoms with Crippen LogP contribution in [0.1, 0.15) is 38.7 Å². The van der Waals surface area contributed by atoms with Gasteiger partial charge in [0.1, 0.15) is 6.04 Å². The number of nitrogens with zero attached hydrogens (tertiary/aromatic N) is 1. The minimum atomic E-state index is -0.443. The largest absolute Gasteiger partial charge is 0.344 e. The van der Waals surface area contributed by atoms with Gasteiger partial charge in [-0.1, -0.05) is 43.7 Å². The minimum Gasteiger partial charge on any atom is -0.344 e. The van der Waals surface area contributed by atoms with Gasteiger partial charge >= 0.3 is 0 Å². The summed E-state index contributed by atoms with van der Waals surface area (Å²) in [5.74, 6) is 0.0149. The molecule has 1 aliphatic heterocycles. The molecule has 2 amide bonds. The van der Waals surface area contributed by atoms with Crippen LogP contribution in [-0.4, -0.2) is 35.3 Å². The summed E-state index contributed by atoms with van der Waals surface area (Å²) in [6.07, 6.45) is 2.96. The molecule has 0 aliphatic carbocycles. The van der Waals surface area contributed by atoms with Crippen molar-refractivity contribution in [2.24, 2.45) is 0 Å². The Morgan fingerprint density at radius 3 is 2.67 bits per heavy atom. The maximum absolute atomic E-state index is 12.7. The van der Waals surface area contributed by atoms with Crippen LogP contribution in [0.4, 0.5) is 0 Å². The number of hydrogen-bond acceptors (Lipinski definition) is 2. The highest BCUT2D eigenvalue weighted by Gasteiger charge is 2.31. The molecule has 1 aromatic rings. The van der Waals surface area contributed by atoms with Gasteiger partial charge in [-0.05, 0) is 18.9 Å². The number of carbonyl (C=O) groups is 2. The lowest BCUT2D eigenvalue weighted by Gasteiger charge is -2.30. The zero-order valence-corrected chi connectivity index (χ0v) is 12.8. The first-order chi connectivity index (χ1) is 10.1. The molecule has 2 atom stereocenters. The third-order valence-corrected chi connectivity index (χ3v) is 4.02. The predicted octanol–water partition coefficient (Wildman–Crippen LogP) is 2.13. The van der Waals surface area contributed by atoms with E-state index < -0.39 is 6.04 Å². The van der Waals surface area contributed by atoms with Gasteiger partial charge in [-0.2, -0.15) is 0 Å². The maximum atomic E-state index is 12.7. The first-order valence-electron chi connectivity index (χ1n) is 7.75. The Morgan fingerprint density at radius 2 is 2.00 bits per heavy atom. The Hall–Kier alpha value is -1.84. The fraction of sp³-hybridized carbons (Fsp3) is 0.529. The van der Waals surface area contributed by atoms with E-state index in [1.165, 1.54) is 0 Å². The Balaban J connectivity index is 2.14. The molecule has 0 aromatic heterocycles. The number of nitrogens with one attached hydrogen (secondary N) is 1. The quantitative estimate of drug-likeness (QED) is 0.902. The standard InChI is InChI=1S/C17H24N2O2/c1-3-7-13(2)19-11-10-16(20)18-15(17(19)21)12-14-8-5-4-6-9-14/h4-6,8-9,13,15H,3,7,10-12H2,1-2H3,(H,18,20). The van der Waals surface area contributed by atoms with Crippen LogP contribution in [0.25, 0.3) is 0 Å². The third-order valence-electron chi connectivity index (χ3n) is 4.02. The first-order valence-corrected chi connectivity index (χ1v) is 7.75. The molecule has 4 nitrogen and oxygen atoms in total. The van der Waals surface area contributed by atoms with E-state index in [4.69, 9.17) is 0 Å². The van der Waals surface area contributed by atoms with E-state index in [1.807, 2.05) is 35.2 Å². The highest BCUT2D eigenvalue weighted by molar-refractivity contribution is 5.90. The van der Waals surface area contributed by atoms with Crippen LogP contribution < -0.4 is 5.32 Å². The summed E-state index contributed by atoms with van der Waals surface area (Å²) in [6, 6.07) is 9.59. The summed E-state index contributed by atoms with van der Waals surface area (Å²) in [5, 5.41) is 2.87. The van der Waals surface area contributed by atoms with Crippen molar-refractivity contribution < 1.29 is 9.59 Å². The molecule has 0 radical (unpaired) electrons. The van der Waals surface area contributed by atoms with Crippen molar-refractivity contribution in [1.29, 1.82) is 0 Å². The molecule has 0 saturated carbocycles. The lowest BCUT2D eigenvalue weighted by Crippen LogP contribution is -2.48. The minimum absolute atomic E-state index is 0.0320. The summed E-state index contributed by atoms with van der Waals surface area (Å²) in [4.78, 5) is 26.5. The molecule has 1 N–H and O–H groups in total. The topological polar surface area (TPSA) is 49.4 Å². The normalized spacial score (nSPS) is 20.9. The highest BCUT2D eigenvalue weighted by atomic mass is 16.2. The average molecular weight is 288 g/mol. The smallest absolute Gasteiger partial charge is 0.245 e. The maximum Gasteiger partial charge on any atom is 0.245 e. The molecule has 2 unspecified atom stereocenters. The second kappa shape index (κ2) is 7.25. The fourth-order valence-electron chi connectivity index (χ4n) is 2.86. The van der Waals surface area contributed by atoms with Crippen molar-refractivity contribution in [2.45, 2.75) is 51.6 Å². The van der Waals surface area contributed by atoms with E-state index in [9.17, 15) is 9.59 Å². The summed E-state index contributed by atoms with van der Waals surface area (Å²) in [5.41, 5.74) is 1.07. The summed E-state index contributed by atoms with van der Waals surface area (Å²) in [7, 11) is 0. The van der Waals surface area contributed by atoms with Crippen LogP contribution in [0, 0.1) is 0 Å². The second-order valence-corrected chi connectivity index (χ2v) is 5.73. The number of rotatable bonds is 5. The van der Waals surface area contributed by atoms with Crippen molar-refractivity contribution in [2.75, 3.05) is 6.54 Å². The first kappa shape index (κ1) is 15.5. The lowest BCUT2D eigenvalue weighted by molar-refractivity contribution is -0.135. The summed E-state index contributed by atoms with van der Waals surface area (Å²) < 4.78 is 0. The molecular formula is C17H24N2O2. The second-order valence-electron chi connectivity index (χ2n) is 5.73. The highest BCUT2D eigenvalue weighted by Crippen LogP contribution is 2.15. The van der Waals surface area contributed by atoms with E-state index in [1.54, 1.807) is 0 Å². The van der Waals surface area contributed by atoms with Gasteiger partial charge in [0, 0.05) is 25.4 Å². The van der Waals surface area contributed by atoms with Crippen LogP contribution in [0.2, 0.25) is 0 Å². The van der Waals surface area contributed by atoms with Crippen molar-refractivity contribution in [3.8, 4) is 0 Å². The Morgan fingerprint density at radius 1 is 1.29 bits per heavy atom. The SMILES string of the molecule is CCCC(C)N1CCC(=O)NC(Cc2ccccc2)C1=O. The summed E-state index contributed by atoms with van der Waals surface area (Å²) >= 11 is 0. The van der Waals surface area contributed by atoms with Crippen LogP contribution in [-0.2, 0) is 16.0 Å². The molecular weight excluding hydrogens is 264 g/mol. The molecule has 0 bridgehead atoms. The average Bonchev–Trinajstić information content (AvgIpc) is 2.60. The summed E-state index contributed by atoms with van der Waals surface area (Å²) in [6.45, 7) is 4.71. The van der Waals surface area contributed by atoms with Gasteiger partial charge in [0.25, 0.3) is 0 Å². The lowest BCUT2D eigenvalue weighted by atomic mass is 10.0. The van der Waals surface area contributed by atoms with Crippen molar-refractivity contribution in [1.82, 2.24) is 10.2 Å². The van der Waals surface area contributed by atoms with Crippen molar-refractivity contribution in [3.05, 3.63) is 35.9 Å². The Bertz CT molecular complexity index is 487. The fourth-order valence-corrected chi connectivity index (χ4v) is 2.86. The van der Waals surface area contributed by atoms with E-state index in [-0.39, 0.29) is 17.9 Å². The van der Waals surface area contributed by atoms with Crippen LogP contribution in [0.5, 0.6) is 0 Å². The number of hydrogen-bond donors (Lipinski definition) is 1. The van der Waals surface area contributed by atoms with Gasteiger partial charge in [-0.3, -0.25) is 9.59 Å². The van der Waals surface area contributed by atoms with Gasteiger partial charge in [-0.25, -0.2) is 0 Å². The number of amides is 2. The van der Waals surface area contributed by atoms with Gasteiger partial charge in [0.2, 0.25) is 11.8 Å². The molecule has 0 spiro atoms. The molecule has 1 aliphatic rings.